The lowest BCUT2D eigenvalue weighted by molar-refractivity contribution is 0.219. The molecule has 0 fully saturated rings. The first-order chi connectivity index (χ1) is 5.13. The molecule has 0 aliphatic rings. The molecule has 0 aromatic carbocycles. The minimum Gasteiger partial charge on any atom is -0.396 e. The summed E-state index contributed by atoms with van der Waals surface area (Å²) in [5, 5.41) is 8.87. The van der Waals surface area contributed by atoms with Crippen LogP contribution >= 0.6 is 11.6 Å². The van der Waals surface area contributed by atoms with Gasteiger partial charge in [-0.15, -0.1) is 18.2 Å². The van der Waals surface area contributed by atoms with Crippen molar-refractivity contribution in [3.8, 4) is 0 Å². The number of alkyl halides is 1. The molecular weight excluding hydrogens is 160 g/mol. The van der Waals surface area contributed by atoms with E-state index in [2.05, 4.69) is 13.5 Å². The fourth-order valence-electron chi connectivity index (χ4n) is 1.05. The number of aliphatic hydroxyl groups excluding tert-OH is 1. The van der Waals surface area contributed by atoms with E-state index in [1.165, 1.54) is 0 Å². The number of aliphatic hydroxyl groups is 1. The van der Waals surface area contributed by atoms with Gasteiger partial charge in [0.2, 0.25) is 0 Å². The average Bonchev–Trinajstić information content (AvgIpc) is 2.02. The van der Waals surface area contributed by atoms with E-state index < -0.39 is 0 Å². The van der Waals surface area contributed by atoms with E-state index in [1.54, 1.807) is 0 Å². The molecule has 0 bridgehead atoms. The molecule has 0 saturated carbocycles. The van der Waals surface area contributed by atoms with E-state index in [0.717, 1.165) is 6.42 Å². The van der Waals surface area contributed by atoms with E-state index in [9.17, 15) is 0 Å². The Morgan fingerprint density at radius 2 is 2.00 bits per heavy atom. The summed E-state index contributed by atoms with van der Waals surface area (Å²) in [5.74, 6) is 0.572. The first kappa shape index (κ1) is 11.0. The Kier molecular flexibility index (Phi) is 5.61. The van der Waals surface area contributed by atoms with E-state index >= 15 is 0 Å². The first-order valence-electron chi connectivity index (χ1n) is 3.99. The van der Waals surface area contributed by atoms with Crippen LogP contribution in [0, 0.1) is 11.8 Å². The van der Waals surface area contributed by atoms with Crippen LogP contribution in [0.1, 0.15) is 20.3 Å². The molecule has 0 saturated heterocycles. The second-order valence-corrected chi connectivity index (χ2v) is 3.61. The molecule has 0 spiro atoms. The summed E-state index contributed by atoms with van der Waals surface area (Å²) >= 11 is 6.05. The third-order valence-corrected chi connectivity index (χ3v) is 2.77. The van der Waals surface area contributed by atoms with Crippen molar-refractivity contribution >= 4 is 11.6 Å². The second-order valence-electron chi connectivity index (χ2n) is 3.11. The fourth-order valence-corrected chi connectivity index (χ4v) is 1.24. The van der Waals surface area contributed by atoms with E-state index in [0.29, 0.717) is 5.92 Å². The van der Waals surface area contributed by atoms with E-state index in [4.69, 9.17) is 16.7 Å². The van der Waals surface area contributed by atoms with Crippen LogP contribution in [0.3, 0.4) is 0 Å². The SMILES string of the molecule is C=CCC(C)C(Cl)C(C)CO. The number of rotatable bonds is 5. The van der Waals surface area contributed by atoms with Crippen molar-refractivity contribution in [1.29, 1.82) is 0 Å². The van der Waals surface area contributed by atoms with Gasteiger partial charge in [0.25, 0.3) is 0 Å². The zero-order chi connectivity index (χ0) is 8.85. The summed E-state index contributed by atoms with van der Waals surface area (Å²) in [6, 6.07) is 0. The molecular formula is C9H17ClO. The van der Waals surface area contributed by atoms with Gasteiger partial charge in [-0.05, 0) is 18.3 Å². The molecule has 0 aromatic heterocycles. The highest BCUT2D eigenvalue weighted by Gasteiger charge is 2.19. The van der Waals surface area contributed by atoms with Gasteiger partial charge in [0.05, 0.1) is 0 Å². The third kappa shape index (κ3) is 3.78. The molecule has 0 radical (unpaired) electrons. The smallest absolute Gasteiger partial charge is 0.0470 e. The normalized spacial score (nSPS) is 18.9. The van der Waals surface area contributed by atoms with Crippen molar-refractivity contribution in [2.45, 2.75) is 25.6 Å². The van der Waals surface area contributed by atoms with Gasteiger partial charge in [-0.25, -0.2) is 0 Å². The molecule has 3 atom stereocenters. The van der Waals surface area contributed by atoms with E-state index in [-0.39, 0.29) is 17.9 Å². The average molecular weight is 177 g/mol. The maximum Gasteiger partial charge on any atom is 0.0470 e. The van der Waals surface area contributed by atoms with Crippen LogP contribution in [0.25, 0.3) is 0 Å². The number of allylic oxidation sites excluding steroid dienone is 1. The maximum absolute atomic E-state index is 8.81. The van der Waals surface area contributed by atoms with Crippen LogP contribution in [0.15, 0.2) is 12.7 Å². The van der Waals surface area contributed by atoms with Crippen LogP contribution in [0.5, 0.6) is 0 Å². The summed E-state index contributed by atoms with van der Waals surface area (Å²) in [5.41, 5.74) is 0. The van der Waals surface area contributed by atoms with Crippen molar-refractivity contribution in [3.63, 3.8) is 0 Å². The molecule has 1 N–H and O–H groups in total. The minimum atomic E-state index is 0.0537. The summed E-state index contributed by atoms with van der Waals surface area (Å²) in [6.07, 6.45) is 2.78. The van der Waals surface area contributed by atoms with Crippen molar-refractivity contribution in [3.05, 3.63) is 12.7 Å². The van der Waals surface area contributed by atoms with Crippen molar-refractivity contribution in [2.75, 3.05) is 6.61 Å². The standard InChI is InChI=1S/C9H17ClO/c1-4-5-7(2)9(10)8(3)6-11/h4,7-9,11H,1,5-6H2,2-3H3. The van der Waals surface area contributed by atoms with Gasteiger partial charge in [-0.1, -0.05) is 19.9 Å². The Labute approximate surface area is 74.1 Å². The lowest BCUT2D eigenvalue weighted by Gasteiger charge is -2.21. The molecule has 0 amide bonds. The second kappa shape index (κ2) is 5.62. The Morgan fingerprint density at radius 3 is 2.36 bits per heavy atom. The third-order valence-electron chi connectivity index (χ3n) is 1.91. The van der Waals surface area contributed by atoms with Crippen molar-refractivity contribution < 1.29 is 5.11 Å². The molecule has 11 heavy (non-hydrogen) atoms. The van der Waals surface area contributed by atoms with Gasteiger partial charge in [-0.3, -0.25) is 0 Å². The zero-order valence-electron chi connectivity index (χ0n) is 7.26. The Balaban J connectivity index is 3.79. The molecule has 0 aliphatic carbocycles. The number of halogens is 1. The molecule has 0 aromatic rings. The molecule has 66 valence electrons. The number of hydrogen-bond acceptors (Lipinski definition) is 1. The van der Waals surface area contributed by atoms with Gasteiger partial charge in [0.1, 0.15) is 0 Å². The Morgan fingerprint density at radius 1 is 1.45 bits per heavy atom. The fraction of sp³-hybridized carbons (Fsp3) is 0.778. The summed E-state index contributed by atoms with van der Waals surface area (Å²) in [4.78, 5) is 0. The highest BCUT2D eigenvalue weighted by atomic mass is 35.5. The van der Waals surface area contributed by atoms with Crippen LogP contribution < -0.4 is 0 Å². The molecule has 1 nitrogen and oxygen atoms in total. The monoisotopic (exact) mass is 176 g/mol. The van der Waals surface area contributed by atoms with Crippen LogP contribution in [-0.2, 0) is 0 Å². The molecule has 0 rings (SSSR count). The van der Waals surface area contributed by atoms with Crippen molar-refractivity contribution in [1.82, 2.24) is 0 Å². The van der Waals surface area contributed by atoms with Crippen LogP contribution in [0.2, 0.25) is 0 Å². The maximum atomic E-state index is 8.81. The van der Waals surface area contributed by atoms with Gasteiger partial charge < -0.3 is 5.11 Å². The quantitative estimate of drug-likeness (QED) is 0.504. The topological polar surface area (TPSA) is 20.2 Å². The Hall–Kier alpha value is -0.0100. The molecule has 0 aliphatic heterocycles. The molecule has 2 heteroatoms. The summed E-state index contributed by atoms with van der Waals surface area (Å²) < 4.78 is 0. The largest absolute Gasteiger partial charge is 0.396 e. The summed E-state index contributed by atoms with van der Waals surface area (Å²) in [7, 11) is 0. The lowest BCUT2D eigenvalue weighted by atomic mass is 9.95. The van der Waals surface area contributed by atoms with Gasteiger partial charge in [0.15, 0.2) is 0 Å². The van der Waals surface area contributed by atoms with Gasteiger partial charge in [-0.2, -0.15) is 0 Å². The van der Waals surface area contributed by atoms with Crippen molar-refractivity contribution in [2.24, 2.45) is 11.8 Å². The summed E-state index contributed by atoms with van der Waals surface area (Å²) in [6.45, 7) is 7.84. The lowest BCUT2D eigenvalue weighted by Crippen LogP contribution is -2.22. The van der Waals surface area contributed by atoms with Crippen LogP contribution in [0.4, 0.5) is 0 Å². The van der Waals surface area contributed by atoms with Gasteiger partial charge >= 0.3 is 0 Å². The van der Waals surface area contributed by atoms with E-state index in [1.807, 2.05) is 13.0 Å². The minimum absolute atomic E-state index is 0.0537. The van der Waals surface area contributed by atoms with Gasteiger partial charge in [0, 0.05) is 12.0 Å². The van der Waals surface area contributed by atoms with Crippen LogP contribution in [-0.4, -0.2) is 17.1 Å². The first-order valence-corrected chi connectivity index (χ1v) is 4.43. The predicted molar refractivity (Wildman–Crippen MR) is 49.9 cm³/mol. The molecule has 0 heterocycles. The highest BCUT2D eigenvalue weighted by Crippen LogP contribution is 2.21. The molecule has 3 unspecified atom stereocenters. The highest BCUT2D eigenvalue weighted by molar-refractivity contribution is 6.20. The number of hydrogen-bond donors (Lipinski definition) is 1. The Bertz CT molecular complexity index is 114. The predicted octanol–water partition coefficient (Wildman–Crippen LogP) is 2.43. The zero-order valence-corrected chi connectivity index (χ0v) is 8.01.